The van der Waals surface area contributed by atoms with Crippen LogP contribution in [0.4, 0.5) is 0 Å². The number of rotatable bonds is 3. The lowest BCUT2D eigenvalue weighted by atomic mass is 10.3. The molecule has 0 N–H and O–H groups in total. The zero-order valence-electron chi connectivity index (χ0n) is 7.50. The van der Waals surface area contributed by atoms with Gasteiger partial charge in [-0.25, -0.2) is 9.97 Å². The van der Waals surface area contributed by atoms with Crippen LogP contribution in [0.1, 0.15) is 5.56 Å². The highest BCUT2D eigenvalue weighted by molar-refractivity contribution is 5.09. The molecule has 0 spiro atoms. The van der Waals surface area contributed by atoms with Gasteiger partial charge in [0.15, 0.2) is 0 Å². The van der Waals surface area contributed by atoms with Crippen molar-refractivity contribution in [3.8, 4) is 6.01 Å². The van der Waals surface area contributed by atoms with E-state index >= 15 is 0 Å². The van der Waals surface area contributed by atoms with Crippen LogP contribution in [-0.4, -0.2) is 15.0 Å². The first-order valence-electron chi connectivity index (χ1n) is 4.24. The second-order valence-electron chi connectivity index (χ2n) is 2.68. The standard InChI is InChI=1S/C10H9N3O/c1-4-12-10(13-5-1)14-8-9-2-6-11-7-3-9/h1-7H,8H2. The van der Waals surface area contributed by atoms with E-state index in [0.717, 1.165) is 5.56 Å². The molecule has 0 bridgehead atoms. The third-order valence-corrected chi connectivity index (χ3v) is 1.66. The summed E-state index contributed by atoms with van der Waals surface area (Å²) < 4.78 is 5.34. The van der Waals surface area contributed by atoms with Crippen molar-refractivity contribution >= 4 is 0 Å². The van der Waals surface area contributed by atoms with Gasteiger partial charge in [0.2, 0.25) is 0 Å². The van der Waals surface area contributed by atoms with Crippen LogP contribution in [0.25, 0.3) is 0 Å². The molecule has 0 saturated carbocycles. The molecule has 4 nitrogen and oxygen atoms in total. The fraction of sp³-hybridized carbons (Fsp3) is 0.100. The van der Waals surface area contributed by atoms with Crippen molar-refractivity contribution in [2.24, 2.45) is 0 Å². The lowest BCUT2D eigenvalue weighted by Crippen LogP contribution is -1.98. The molecule has 70 valence electrons. The largest absolute Gasteiger partial charge is 0.459 e. The molecular formula is C10H9N3O. The van der Waals surface area contributed by atoms with Gasteiger partial charge in [0.25, 0.3) is 0 Å². The number of aromatic nitrogens is 3. The summed E-state index contributed by atoms with van der Waals surface area (Å²) in [6, 6.07) is 5.93. The molecule has 0 aliphatic rings. The summed E-state index contributed by atoms with van der Waals surface area (Å²) in [5.41, 5.74) is 1.05. The van der Waals surface area contributed by atoms with Gasteiger partial charge in [0.1, 0.15) is 6.61 Å². The Bertz CT molecular complexity index is 338. The molecule has 0 aliphatic heterocycles. The highest BCUT2D eigenvalue weighted by atomic mass is 16.5. The maximum Gasteiger partial charge on any atom is 0.316 e. The SMILES string of the molecule is c1cnc(OCc2ccncc2)nc1. The summed E-state index contributed by atoms with van der Waals surface area (Å²) in [6.07, 6.45) is 6.75. The lowest BCUT2D eigenvalue weighted by Gasteiger charge is -2.02. The van der Waals surface area contributed by atoms with Crippen LogP contribution in [0.3, 0.4) is 0 Å². The molecule has 4 heteroatoms. The van der Waals surface area contributed by atoms with Gasteiger partial charge in [-0.1, -0.05) is 0 Å². The molecule has 0 aromatic carbocycles. The normalized spacial score (nSPS) is 9.71. The Morgan fingerprint density at radius 2 is 1.71 bits per heavy atom. The van der Waals surface area contributed by atoms with Crippen molar-refractivity contribution in [3.63, 3.8) is 0 Å². The quantitative estimate of drug-likeness (QED) is 0.729. The van der Waals surface area contributed by atoms with Gasteiger partial charge in [-0.15, -0.1) is 0 Å². The molecule has 2 heterocycles. The second-order valence-corrected chi connectivity index (χ2v) is 2.68. The Hall–Kier alpha value is -1.97. The van der Waals surface area contributed by atoms with E-state index in [0.29, 0.717) is 12.6 Å². The van der Waals surface area contributed by atoms with Gasteiger partial charge >= 0.3 is 6.01 Å². The summed E-state index contributed by atoms with van der Waals surface area (Å²) in [7, 11) is 0. The second kappa shape index (κ2) is 4.32. The van der Waals surface area contributed by atoms with Crippen LogP contribution < -0.4 is 4.74 Å². The number of nitrogens with zero attached hydrogens (tertiary/aromatic N) is 3. The molecule has 0 saturated heterocycles. The monoisotopic (exact) mass is 187 g/mol. The zero-order chi connectivity index (χ0) is 9.64. The van der Waals surface area contributed by atoms with E-state index in [1.807, 2.05) is 12.1 Å². The predicted molar refractivity (Wildman–Crippen MR) is 50.6 cm³/mol. The molecule has 0 aliphatic carbocycles. The first-order chi connectivity index (χ1) is 6.95. The first kappa shape index (κ1) is 8.62. The minimum Gasteiger partial charge on any atom is -0.459 e. The highest BCUT2D eigenvalue weighted by Gasteiger charge is 1.95. The van der Waals surface area contributed by atoms with Crippen molar-refractivity contribution in [2.75, 3.05) is 0 Å². The number of hydrogen-bond donors (Lipinski definition) is 0. The molecule has 2 aromatic heterocycles. The average molecular weight is 187 g/mol. The van der Waals surface area contributed by atoms with E-state index < -0.39 is 0 Å². The Labute approximate surface area is 81.6 Å². The van der Waals surface area contributed by atoms with Gasteiger partial charge in [-0.05, 0) is 23.8 Å². The van der Waals surface area contributed by atoms with Crippen molar-refractivity contribution < 1.29 is 4.74 Å². The summed E-state index contributed by atoms with van der Waals surface area (Å²) in [6.45, 7) is 0.465. The van der Waals surface area contributed by atoms with E-state index in [-0.39, 0.29) is 0 Å². The average Bonchev–Trinajstić information content (AvgIpc) is 2.29. The van der Waals surface area contributed by atoms with E-state index in [1.54, 1.807) is 30.9 Å². The first-order valence-corrected chi connectivity index (χ1v) is 4.24. The Morgan fingerprint density at radius 1 is 1.00 bits per heavy atom. The fourth-order valence-corrected chi connectivity index (χ4v) is 0.987. The van der Waals surface area contributed by atoms with Gasteiger partial charge in [0.05, 0.1) is 0 Å². The molecule has 2 aromatic rings. The van der Waals surface area contributed by atoms with Crippen molar-refractivity contribution in [2.45, 2.75) is 6.61 Å². The minimum absolute atomic E-state index is 0.393. The lowest BCUT2D eigenvalue weighted by molar-refractivity contribution is 0.280. The van der Waals surface area contributed by atoms with E-state index in [1.165, 1.54) is 0 Å². The molecule has 14 heavy (non-hydrogen) atoms. The summed E-state index contributed by atoms with van der Waals surface area (Å²) in [5, 5.41) is 0. The highest BCUT2D eigenvalue weighted by Crippen LogP contribution is 2.03. The third kappa shape index (κ3) is 2.26. The number of ether oxygens (including phenoxy) is 1. The fourth-order valence-electron chi connectivity index (χ4n) is 0.987. The maximum atomic E-state index is 5.34. The molecule has 0 fully saturated rings. The van der Waals surface area contributed by atoms with E-state index in [4.69, 9.17) is 4.74 Å². The smallest absolute Gasteiger partial charge is 0.316 e. The topological polar surface area (TPSA) is 47.9 Å². The molecule has 2 rings (SSSR count). The minimum atomic E-state index is 0.393. The van der Waals surface area contributed by atoms with Gasteiger partial charge in [0, 0.05) is 24.8 Å². The van der Waals surface area contributed by atoms with Crippen LogP contribution in [0.5, 0.6) is 6.01 Å². The van der Waals surface area contributed by atoms with E-state index in [2.05, 4.69) is 15.0 Å². The van der Waals surface area contributed by atoms with Crippen LogP contribution >= 0.6 is 0 Å². The maximum absolute atomic E-state index is 5.34. The van der Waals surface area contributed by atoms with E-state index in [9.17, 15) is 0 Å². The van der Waals surface area contributed by atoms with Crippen LogP contribution in [0.2, 0.25) is 0 Å². The summed E-state index contributed by atoms with van der Waals surface area (Å²) in [5.74, 6) is 0. The molecule has 0 amide bonds. The Morgan fingerprint density at radius 3 is 2.43 bits per heavy atom. The zero-order valence-corrected chi connectivity index (χ0v) is 7.50. The van der Waals surface area contributed by atoms with Crippen molar-refractivity contribution in [1.29, 1.82) is 0 Å². The van der Waals surface area contributed by atoms with Crippen LogP contribution in [0, 0.1) is 0 Å². The molecule has 0 radical (unpaired) electrons. The van der Waals surface area contributed by atoms with Gasteiger partial charge < -0.3 is 4.74 Å². The number of hydrogen-bond acceptors (Lipinski definition) is 4. The molecular weight excluding hydrogens is 178 g/mol. The van der Waals surface area contributed by atoms with Crippen LogP contribution in [0.15, 0.2) is 43.0 Å². The van der Waals surface area contributed by atoms with Gasteiger partial charge in [-0.3, -0.25) is 4.98 Å². The summed E-state index contributed by atoms with van der Waals surface area (Å²) in [4.78, 5) is 11.8. The summed E-state index contributed by atoms with van der Waals surface area (Å²) >= 11 is 0. The Kier molecular flexibility index (Phi) is 2.66. The van der Waals surface area contributed by atoms with Crippen molar-refractivity contribution in [1.82, 2.24) is 15.0 Å². The van der Waals surface area contributed by atoms with Gasteiger partial charge in [-0.2, -0.15) is 0 Å². The van der Waals surface area contributed by atoms with Crippen LogP contribution in [-0.2, 0) is 6.61 Å². The predicted octanol–water partition coefficient (Wildman–Crippen LogP) is 1.45. The van der Waals surface area contributed by atoms with Crippen molar-refractivity contribution in [3.05, 3.63) is 48.5 Å². The number of pyridine rings is 1. The Balaban J connectivity index is 1.96. The molecule has 0 atom stereocenters. The third-order valence-electron chi connectivity index (χ3n) is 1.66. The molecule has 0 unspecified atom stereocenters.